The number of benzene rings is 1. The molecule has 4 nitrogen and oxygen atoms in total. The largest absolute Gasteiger partial charge is 0.488 e. The Hall–Kier alpha value is -1.55. The van der Waals surface area contributed by atoms with Gasteiger partial charge in [0, 0.05) is 6.04 Å². The average molecular weight is 232 g/mol. The lowest BCUT2D eigenvalue weighted by Gasteiger charge is -2.23. The number of aromatic nitrogens is 1. The van der Waals surface area contributed by atoms with Crippen molar-refractivity contribution in [2.45, 2.75) is 25.3 Å². The Balaban J connectivity index is 1.69. The summed E-state index contributed by atoms with van der Waals surface area (Å²) in [5, 5.41) is 3.46. The summed E-state index contributed by atoms with van der Waals surface area (Å²) in [7, 11) is 0. The molecule has 0 bridgehead atoms. The predicted molar refractivity (Wildman–Crippen MR) is 65.1 cm³/mol. The van der Waals surface area contributed by atoms with Crippen molar-refractivity contribution >= 4 is 11.1 Å². The Bertz CT molecular complexity index is 489. The quantitative estimate of drug-likeness (QED) is 0.882. The molecule has 4 heteroatoms. The molecular weight excluding hydrogens is 216 g/mol. The molecule has 1 aliphatic rings. The third-order valence-corrected chi connectivity index (χ3v) is 3.17. The summed E-state index contributed by atoms with van der Waals surface area (Å²) in [6.45, 7) is 1.79. The van der Waals surface area contributed by atoms with Gasteiger partial charge in [0.05, 0.1) is 0 Å². The lowest BCUT2D eigenvalue weighted by Crippen LogP contribution is -2.38. The van der Waals surface area contributed by atoms with E-state index >= 15 is 0 Å². The van der Waals surface area contributed by atoms with E-state index in [1.54, 1.807) is 0 Å². The molecule has 1 saturated heterocycles. The van der Waals surface area contributed by atoms with Crippen LogP contribution in [0.25, 0.3) is 11.1 Å². The molecule has 3 rings (SSSR count). The molecule has 1 aromatic carbocycles. The fourth-order valence-corrected chi connectivity index (χ4v) is 2.23. The van der Waals surface area contributed by atoms with Crippen LogP contribution < -0.4 is 10.1 Å². The average Bonchev–Trinajstić information content (AvgIpc) is 2.86. The molecule has 2 heterocycles. The maximum atomic E-state index is 5.82. The van der Waals surface area contributed by atoms with Crippen LogP contribution in [0.3, 0.4) is 0 Å². The van der Waals surface area contributed by atoms with Gasteiger partial charge in [-0.05, 0) is 31.5 Å². The van der Waals surface area contributed by atoms with Gasteiger partial charge in [-0.1, -0.05) is 12.5 Å². The first-order chi connectivity index (χ1) is 8.43. The van der Waals surface area contributed by atoms with Crippen molar-refractivity contribution in [2.75, 3.05) is 13.2 Å². The van der Waals surface area contributed by atoms with Crippen molar-refractivity contribution in [1.82, 2.24) is 10.3 Å². The summed E-state index contributed by atoms with van der Waals surface area (Å²) in [6, 6.07) is 6.25. The van der Waals surface area contributed by atoms with E-state index in [1.165, 1.54) is 25.7 Å². The van der Waals surface area contributed by atoms with E-state index in [1.807, 2.05) is 18.2 Å². The monoisotopic (exact) mass is 232 g/mol. The first kappa shape index (κ1) is 10.6. The van der Waals surface area contributed by atoms with Crippen molar-refractivity contribution in [2.24, 2.45) is 0 Å². The summed E-state index contributed by atoms with van der Waals surface area (Å²) < 4.78 is 11.2. The molecule has 1 aromatic heterocycles. The van der Waals surface area contributed by atoms with Crippen LogP contribution in [-0.4, -0.2) is 24.2 Å². The number of hydrogen-bond donors (Lipinski definition) is 1. The normalized spacial score (nSPS) is 20.6. The van der Waals surface area contributed by atoms with Crippen molar-refractivity contribution in [1.29, 1.82) is 0 Å². The number of rotatable bonds is 3. The zero-order valence-electron chi connectivity index (χ0n) is 9.69. The SMILES string of the molecule is c1cc(OCC2CCCCN2)c2ocnc2c1. The minimum Gasteiger partial charge on any atom is -0.488 e. The highest BCUT2D eigenvalue weighted by Gasteiger charge is 2.14. The minimum atomic E-state index is 0.460. The summed E-state index contributed by atoms with van der Waals surface area (Å²) in [4.78, 5) is 4.11. The first-order valence-corrected chi connectivity index (χ1v) is 6.12. The predicted octanol–water partition coefficient (Wildman–Crippen LogP) is 2.35. The van der Waals surface area contributed by atoms with Gasteiger partial charge >= 0.3 is 0 Å². The summed E-state index contributed by atoms with van der Waals surface area (Å²) in [5.41, 5.74) is 1.59. The Morgan fingerprint density at radius 3 is 3.29 bits per heavy atom. The number of piperidine rings is 1. The summed E-state index contributed by atoms with van der Waals surface area (Å²) in [5.74, 6) is 0.785. The molecule has 1 atom stereocenters. The van der Waals surface area contributed by atoms with Gasteiger partial charge in [-0.15, -0.1) is 0 Å². The number of nitrogens with zero attached hydrogens (tertiary/aromatic N) is 1. The molecule has 1 fully saturated rings. The highest BCUT2D eigenvalue weighted by molar-refractivity contribution is 5.78. The summed E-state index contributed by atoms with van der Waals surface area (Å²) in [6.07, 6.45) is 5.20. The molecule has 2 aromatic rings. The summed E-state index contributed by atoms with van der Waals surface area (Å²) >= 11 is 0. The molecule has 0 saturated carbocycles. The van der Waals surface area contributed by atoms with E-state index in [9.17, 15) is 0 Å². The van der Waals surface area contributed by atoms with Crippen LogP contribution in [0.15, 0.2) is 29.0 Å². The van der Waals surface area contributed by atoms with Gasteiger partial charge in [-0.3, -0.25) is 0 Å². The molecule has 90 valence electrons. The zero-order chi connectivity index (χ0) is 11.5. The number of nitrogens with one attached hydrogen (secondary N) is 1. The Kier molecular flexibility index (Phi) is 2.96. The van der Waals surface area contributed by atoms with Crippen LogP contribution in [0.1, 0.15) is 19.3 Å². The van der Waals surface area contributed by atoms with E-state index in [4.69, 9.17) is 9.15 Å². The first-order valence-electron chi connectivity index (χ1n) is 6.12. The number of hydrogen-bond acceptors (Lipinski definition) is 4. The highest BCUT2D eigenvalue weighted by Crippen LogP contribution is 2.24. The molecule has 1 N–H and O–H groups in total. The topological polar surface area (TPSA) is 47.3 Å². The van der Waals surface area contributed by atoms with Gasteiger partial charge < -0.3 is 14.5 Å². The van der Waals surface area contributed by atoms with E-state index in [0.29, 0.717) is 12.6 Å². The third kappa shape index (κ3) is 2.26. The second kappa shape index (κ2) is 4.75. The molecule has 1 aliphatic heterocycles. The molecular formula is C13H16N2O2. The zero-order valence-corrected chi connectivity index (χ0v) is 9.69. The molecule has 17 heavy (non-hydrogen) atoms. The molecule has 0 spiro atoms. The van der Waals surface area contributed by atoms with Crippen LogP contribution >= 0.6 is 0 Å². The number of fused-ring (bicyclic) bond motifs is 1. The maximum absolute atomic E-state index is 5.82. The molecule has 0 amide bonds. The third-order valence-electron chi connectivity index (χ3n) is 3.17. The molecule has 1 unspecified atom stereocenters. The van der Waals surface area contributed by atoms with E-state index in [2.05, 4.69) is 10.3 Å². The molecule has 0 aliphatic carbocycles. The van der Waals surface area contributed by atoms with Gasteiger partial charge in [-0.2, -0.15) is 0 Å². The van der Waals surface area contributed by atoms with Crippen LogP contribution in [-0.2, 0) is 0 Å². The van der Waals surface area contributed by atoms with E-state index < -0.39 is 0 Å². The van der Waals surface area contributed by atoms with Crippen LogP contribution in [0, 0.1) is 0 Å². The van der Waals surface area contributed by atoms with Gasteiger partial charge in [0.25, 0.3) is 0 Å². The Labute approximate surface area is 100.0 Å². The van der Waals surface area contributed by atoms with Crippen molar-refractivity contribution in [3.05, 3.63) is 24.6 Å². The Morgan fingerprint density at radius 1 is 1.41 bits per heavy atom. The molecule has 0 radical (unpaired) electrons. The number of para-hydroxylation sites is 1. The van der Waals surface area contributed by atoms with Crippen LogP contribution in [0.5, 0.6) is 5.75 Å². The van der Waals surface area contributed by atoms with Gasteiger partial charge in [0.15, 0.2) is 17.7 Å². The van der Waals surface area contributed by atoms with Crippen molar-refractivity contribution in [3.63, 3.8) is 0 Å². The van der Waals surface area contributed by atoms with Crippen LogP contribution in [0.4, 0.5) is 0 Å². The standard InChI is InChI=1S/C13H16N2O2/c1-2-7-14-10(4-1)8-16-12-6-3-5-11-13(12)17-9-15-11/h3,5-6,9-10,14H,1-2,4,7-8H2. The second-order valence-corrected chi connectivity index (χ2v) is 4.41. The second-order valence-electron chi connectivity index (χ2n) is 4.41. The van der Waals surface area contributed by atoms with Crippen molar-refractivity contribution in [3.8, 4) is 5.75 Å². The van der Waals surface area contributed by atoms with Crippen LogP contribution in [0.2, 0.25) is 0 Å². The highest BCUT2D eigenvalue weighted by atomic mass is 16.5. The van der Waals surface area contributed by atoms with Gasteiger partial charge in [0.2, 0.25) is 0 Å². The lowest BCUT2D eigenvalue weighted by atomic mass is 10.1. The van der Waals surface area contributed by atoms with E-state index in [0.717, 1.165) is 23.4 Å². The minimum absolute atomic E-state index is 0.460. The van der Waals surface area contributed by atoms with E-state index in [-0.39, 0.29) is 0 Å². The fourth-order valence-electron chi connectivity index (χ4n) is 2.23. The Morgan fingerprint density at radius 2 is 2.41 bits per heavy atom. The van der Waals surface area contributed by atoms with Gasteiger partial charge in [-0.25, -0.2) is 4.98 Å². The van der Waals surface area contributed by atoms with Gasteiger partial charge in [0.1, 0.15) is 12.1 Å². The fraction of sp³-hybridized carbons (Fsp3) is 0.462. The number of ether oxygens (including phenoxy) is 1. The van der Waals surface area contributed by atoms with Crippen molar-refractivity contribution < 1.29 is 9.15 Å². The maximum Gasteiger partial charge on any atom is 0.196 e. The number of oxazole rings is 1. The lowest BCUT2D eigenvalue weighted by molar-refractivity contribution is 0.239. The smallest absolute Gasteiger partial charge is 0.196 e.